The molecule has 0 amide bonds. The molecule has 2 nitrogen and oxygen atoms in total. The summed E-state index contributed by atoms with van der Waals surface area (Å²) < 4.78 is 5.52. The monoisotopic (exact) mass is 327 g/mol. The van der Waals surface area contributed by atoms with Crippen LogP contribution in [0, 0.1) is 17.2 Å². The summed E-state index contributed by atoms with van der Waals surface area (Å²) in [4.78, 5) is 0. The molecule has 24 heavy (non-hydrogen) atoms. The van der Waals surface area contributed by atoms with Gasteiger partial charge in [-0.25, -0.2) is 0 Å². The molecule has 1 aliphatic carbocycles. The number of nitriles is 1. The molecule has 0 atom stereocenters. The molecule has 0 saturated heterocycles. The highest BCUT2D eigenvalue weighted by molar-refractivity contribution is 5.37. The van der Waals surface area contributed by atoms with E-state index in [1.54, 1.807) is 0 Å². The number of ether oxygens (including phenoxy) is 1. The molecule has 2 rings (SSSR count). The van der Waals surface area contributed by atoms with E-state index in [9.17, 15) is 5.26 Å². The van der Waals surface area contributed by atoms with Crippen molar-refractivity contribution >= 4 is 0 Å². The van der Waals surface area contributed by atoms with E-state index < -0.39 is 0 Å². The predicted molar refractivity (Wildman–Crippen MR) is 100 cm³/mol. The zero-order chi connectivity index (χ0) is 17.3. The first kappa shape index (κ1) is 18.8. The molecule has 1 aromatic carbocycles. The maximum atomic E-state index is 9.85. The van der Waals surface area contributed by atoms with E-state index in [2.05, 4.69) is 25.1 Å². The van der Waals surface area contributed by atoms with Gasteiger partial charge in [-0.3, -0.25) is 0 Å². The largest absolute Gasteiger partial charge is 0.494 e. The highest BCUT2D eigenvalue weighted by atomic mass is 16.5. The Morgan fingerprint density at radius 1 is 1.04 bits per heavy atom. The number of unbranched alkanes of at least 4 members (excludes halogenated alkanes) is 4. The van der Waals surface area contributed by atoms with E-state index in [-0.39, 0.29) is 5.41 Å². The minimum absolute atomic E-state index is 0.274. The zero-order valence-corrected chi connectivity index (χ0v) is 15.5. The number of rotatable bonds is 9. The Hall–Kier alpha value is -1.49. The molecule has 1 saturated carbocycles. The fraction of sp³-hybridized carbons (Fsp3) is 0.682. The Balaban J connectivity index is 1.86. The van der Waals surface area contributed by atoms with E-state index in [1.807, 2.05) is 19.1 Å². The summed E-state index contributed by atoms with van der Waals surface area (Å²) in [5.74, 6) is 1.73. The van der Waals surface area contributed by atoms with Crippen molar-refractivity contribution in [2.45, 2.75) is 83.5 Å². The van der Waals surface area contributed by atoms with Crippen LogP contribution in [-0.4, -0.2) is 6.61 Å². The quantitative estimate of drug-likeness (QED) is 0.492. The molecule has 0 spiro atoms. The third kappa shape index (κ3) is 5.00. The van der Waals surface area contributed by atoms with E-state index in [0.29, 0.717) is 6.61 Å². The van der Waals surface area contributed by atoms with E-state index >= 15 is 0 Å². The van der Waals surface area contributed by atoms with Crippen molar-refractivity contribution in [1.29, 1.82) is 5.26 Å². The molecular formula is C22H33NO. The fourth-order valence-corrected chi connectivity index (χ4v) is 4.00. The lowest BCUT2D eigenvalue weighted by Gasteiger charge is -2.35. The Morgan fingerprint density at radius 2 is 1.71 bits per heavy atom. The number of hydrogen-bond donors (Lipinski definition) is 0. The highest BCUT2D eigenvalue weighted by Gasteiger charge is 2.36. The molecule has 0 aromatic heterocycles. The van der Waals surface area contributed by atoms with Gasteiger partial charge in [-0.05, 0) is 56.2 Å². The van der Waals surface area contributed by atoms with Gasteiger partial charge in [-0.15, -0.1) is 0 Å². The smallest absolute Gasteiger partial charge is 0.119 e. The first-order valence-electron chi connectivity index (χ1n) is 9.88. The van der Waals surface area contributed by atoms with Gasteiger partial charge >= 0.3 is 0 Å². The van der Waals surface area contributed by atoms with Gasteiger partial charge in [-0.2, -0.15) is 5.26 Å². The van der Waals surface area contributed by atoms with Gasteiger partial charge < -0.3 is 4.74 Å². The number of hydrogen-bond acceptors (Lipinski definition) is 2. The molecule has 0 radical (unpaired) electrons. The minimum atomic E-state index is -0.274. The van der Waals surface area contributed by atoms with Gasteiger partial charge in [0.1, 0.15) is 5.75 Å². The van der Waals surface area contributed by atoms with Crippen molar-refractivity contribution in [2.24, 2.45) is 5.92 Å². The van der Waals surface area contributed by atoms with Crippen LogP contribution in [0.5, 0.6) is 5.75 Å². The van der Waals surface area contributed by atoms with Crippen molar-refractivity contribution in [3.8, 4) is 11.8 Å². The van der Waals surface area contributed by atoms with Crippen LogP contribution in [0.2, 0.25) is 0 Å². The Labute approximate surface area is 148 Å². The molecule has 132 valence electrons. The van der Waals surface area contributed by atoms with Crippen LogP contribution in [-0.2, 0) is 5.41 Å². The Kier molecular flexibility index (Phi) is 7.63. The van der Waals surface area contributed by atoms with Crippen molar-refractivity contribution in [3.63, 3.8) is 0 Å². The summed E-state index contributed by atoms with van der Waals surface area (Å²) >= 11 is 0. The zero-order valence-electron chi connectivity index (χ0n) is 15.5. The summed E-state index contributed by atoms with van der Waals surface area (Å²) in [6, 6.07) is 10.9. The summed E-state index contributed by atoms with van der Waals surface area (Å²) in [5, 5.41) is 9.85. The molecule has 0 bridgehead atoms. The van der Waals surface area contributed by atoms with Crippen LogP contribution in [0.15, 0.2) is 24.3 Å². The third-order valence-electron chi connectivity index (χ3n) is 5.61. The minimum Gasteiger partial charge on any atom is -0.494 e. The Bertz CT molecular complexity index is 506. The topological polar surface area (TPSA) is 33.0 Å². The average molecular weight is 328 g/mol. The van der Waals surface area contributed by atoms with Crippen molar-refractivity contribution in [3.05, 3.63) is 29.8 Å². The summed E-state index contributed by atoms with van der Waals surface area (Å²) in [6.45, 7) is 4.94. The second-order valence-electron chi connectivity index (χ2n) is 7.30. The Morgan fingerprint density at radius 3 is 2.29 bits per heavy atom. The van der Waals surface area contributed by atoms with Crippen LogP contribution >= 0.6 is 0 Å². The third-order valence-corrected chi connectivity index (χ3v) is 5.61. The van der Waals surface area contributed by atoms with Gasteiger partial charge in [-0.1, -0.05) is 57.6 Å². The van der Waals surface area contributed by atoms with Crippen LogP contribution in [0.1, 0.15) is 83.6 Å². The molecule has 2 heteroatoms. The molecule has 1 fully saturated rings. The summed E-state index contributed by atoms with van der Waals surface area (Å²) in [7, 11) is 0. The van der Waals surface area contributed by atoms with Gasteiger partial charge in [0.05, 0.1) is 18.1 Å². The summed E-state index contributed by atoms with van der Waals surface area (Å²) in [5.41, 5.74) is 0.901. The molecule has 0 unspecified atom stereocenters. The second kappa shape index (κ2) is 9.72. The van der Waals surface area contributed by atoms with E-state index in [1.165, 1.54) is 56.9 Å². The van der Waals surface area contributed by atoms with E-state index in [0.717, 1.165) is 24.5 Å². The van der Waals surface area contributed by atoms with Crippen molar-refractivity contribution in [1.82, 2.24) is 0 Å². The second-order valence-corrected chi connectivity index (χ2v) is 7.30. The normalized spacial score (nSPS) is 23.6. The lowest BCUT2D eigenvalue weighted by atomic mass is 9.67. The van der Waals surface area contributed by atoms with Crippen molar-refractivity contribution < 1.29 is 4.74 Å². The predicted octanol–water partition coefficient (Wildman–Crippen LogP) is 6.40. The van der Waals surface area contributed by atoms with Gasteiger partial charge in [0.15, 0.2) is 0 Å². The molecule has 0 aliphatic heterocycles. The summed E-state index contributed by atoms with van der Waals surface area (Å²) in [6.07, 6.45) is 12.6. The van der Waals surface area contributed by atoms with Crippen LogP contribution in [0.4, 0.5) is 0 Å². The standard InChI is InChI=1S/C22H33NO/c1-3-5-6-7-8-9-19-14-16-22(18-23,17-15-19)20-10-12-21(13-11-20)24-4-2/h10-13,19H,3-9,14-17H2,1-2H3. The molecule has 1 aromatic rings. The van der Waals surface area contributed by atoms with Gasteiger partial charge in [0.25, 0.3) is 0 Å². The molecular weight excluding hydrogens is 294 g/mol. The van der Waals surface area contributed by atoms with Crippen molar-refractivity contribution in [2.75, 3.05) is 6.61 Å². The van der Waals surface area contributed by atoms with Crippen LogP contribution < -0.4 is 4.74 Å². The number of benzene rings is 1. The van der Waals surface area contributed by atoms with Gasteiger partial charge in [0.2, 0.25) is 0 Å². The van der Waals surface area contributed by atoms with Gasteiger partial charge in [0, 0.05) is 0 Å². The molecule has 0 N–H and O–H groups in total. The SMILES string of the molecule is CCCCCCCC1CCC(C#N)(c2ccc(OCC)cc2)CC1. The average Bonchev–Trinajstić information content (AvgIpc) is 2.63. The van der Waals surface area contributed by atoms with Crippen LogP contribution in [0.25, 0.3) is 0 Å². The highest BCUT2D eigenvalue weighted by Crippen LogP contribution is 2.43. The first-order valence-corrected chi connectivity index (χ1v) is 9.88. The lowest BCUT2D eigenvalue weighted by molar-refractivity contribution is 0.261. The first-order chi connectivity index (χ1) is 11.7. The van der Waals surface area contributed by atoms with Crippen LogP contribution in [0.3, 0.4) is 0 Å². The molecule has 0 heterocycles. The fourth-order valence-electron chi connectivity index (χ4n) is 4.00. The lowest BCUT2D eigenvalue weighted by Crippen LogP contribution is -2.30. The maximum Gasteiger partial charge on any atom is 0.119 e. The molecule has 1 aliphatic rings. The van der Waals surface area contributed by atoms with E-state index in [4.69, 9.17) is 4.74 Å². The maximum absolute atomic E-state index is 9.85. The number of nitrogens with zero attached hydrogens (tertiary/aromatic N) is 1.